The number of amides is 1. The lowest BCUT2D eigenvalue weighted by molar-refractivity contribution is -0.118. The van der Waals surface area contributed by atoms with E-state index in [-0.39, 0.29) is 12.5 Å². The Morgan fingerprint density at radius 2 is 1.88 bits per heavy atom. The molecule has 4 aromatic rings. The van der Waals surface area contributed by atoms with Crippen LogP contribution in [0, 0.1) is 0 Å². The summed E-state index contributed by atoms with van der Waals surface area (Å²) in [7, 11) is 0. The van der Waals surface area contributed by atoms with Crippen molar-refractivity contribution in [3.05, 3.63) is 83.2 Å². The summed E-state index contributed by atoms with van der Waals surface area (Å²) in [6.07, 6.45) is 3.63. The molecule has 1 amide bonds. The summed E-state index contributed by atoms with van der Waals surface area (Å²) in [6, 6.07) is 20.0. The highest BCUT2D eigenvalue weighted by atomic mass is 35.5. The number of rotatable bonds is 8. The van der Waals surface area contributed by atoms with Crippen LogP contribution < -0.4 is 14.8 Å². The molecule has 3 aromatic carbocycles. The van der Waals surface area contributed by atoms with Gasteiger partial charge in [0.1, 0.15) is 5.52 Å². The minimum absolute atomic E-state index is 0.129. The smallest absolute Gasteiger partial charge is 0.262 e. The maximum absolute atomic E-state index is 12.2. The Bertz CT molecular complexity index is 1250. The minimum Gasteiger partial charge on any atom is -0.490 e. The lowest BCUT2D eigenvalue weighted by Crippen LogP contribution is -2.20. The van der Waals surface area contributed by atoms with E-state index < -0.39 is 0 Å². The molecular formula is C25H21ClN2O4. The minimum atomic E-state index is -0.251. The van der Waals surface area contributed by atoms with Gasteiger partial charge in [-0.2, -0.15) is 0 Å². The van der Waals surface area contributed by atoms with Crippen molar-refractivity contribution in [1.29, 1.82) is 0 Å². The van der Waals surface area contributed by atoms with Gasteiger partial charge in [0.05, 0.1) is 6.61 Å². The molecule has 0 unspecified atom stereocenters. The molecule has 0 bridgehead atoms. The molecule has 7 heteroatoms. The molecular weight excluding hydrogens is 428 g/mol. The Morgan fingerprint density at radius 1 is 1.03 bits per heavy atom. The lowest BCUT2D eigenvalue weighted by atomic mass is 10.2. The number of halogens is 1. The van der Waals surface area contributed by atoms with Gasteiger partial charge in [-0.15, -0.1) is 0 Å². The van der Waals surface area contributed by atoms with Crippen LogP contribution in [0.4, 0.5) is 5.69 Å². The summed E-state index contributed by atoms with van der Waals surface area (Å²) in [4.78, 5) is 16.6. The van der Waals surface area contributed by atoms with Crippen molar-refractivity contribution in [2.45, 2.75) is 6.92 Å². The Labute approximate surface area is 190 Å². The van der Waals surface area contributed by atoms with Crippen molar-refractivity contribution in [3.8, 4) is 11.5 Å². The molecule has 1 N–H and O–H groups in total. The number of aromatic nitrogens is 1. The molecule has 6 nitrogen and oxygen atoms in total. The molecule has 0 saturated carbocycles. The van der Waals surface area contributed by atoms with E-state index in [1.54, 1.807) is 30.3 Å². The van der Waals surface area contributed by atoms with Gasteiger partial charge in [-0.05, 0) is 61.0 Å². The fourth-order valence-electron chi connectivity index (χ4n) is 3.03. The van der Waals surface area contributed by atoms with Crippen LogP contribution in [0.5, 0.6) is 11.5 Å². The van der Waals surface area contributed by atoms with Crippen molar-refractivity contribution in [3.63, 3.8) is 0 Å². The highest BCUT2D eigenvalue weighted by molar-refractivity contribution is 6.31. The summed E-state index contributed by atoms with van der Waals surface area (Å²) < 4.78 is 17.1. The topological polar surface area (TPSA) is 73.6 Å². The summed E-state index contributed by atoms with van der Waals surface area (Å²) in [5, 5.41) is 3.39. The van der Waals surface area contributed by atoms with Crippen molar-refractivity contribution in [2.75, 3.05) is 18.5 Å². The van der Waals surface area contributed by atoms with Crippen LogP contribution in [-0.4, -0.2) is 24.1 Å². The Kier molecular flexibility index (Phi) is 6.72. The number of nitrogens with zero attached hydrogens (tertiary/aromatic N) is 1. The summed E-state index contributed by atoms with van der Waals surface area (Å²) in [6.45, 7) is 2.22. The molecule has 162 valence electrons. The van der Waals surface area contributed by atoms with Crippen LogP contribution in [-0.2, 0) is 4.79 Å². The lowest BCUT2D eigenvalue weighted by Gasteiger charge is -2.12. The summed E-state index contributed by atoms with van der Waals surface area (Å²) in [5.41, 5.74) is 2.95. The number of oxazole rings is 1. The summed E-state index contributed by atoms with van der Waals surface area (Å²) in [5.74, 6) is 1.26. The second-order valence-electron chi connectivity index (χ2n) is 6.84. The third-order valence-corrected chi connectivity index (χ3v) is 4.70. The highest BCUT2D eigenvalue weighted by Gasteiger charge is 2.10. The van der Waals surface area contributed by atoms with Crippen LogP contribution >= 0.6 is 11.6 Å². The molecule has 0 aliphatic rings. The fraction of sp³-hybridized carbons (Fsp3) is 0.120. The molecule has 4 rings (SSSR count). The normalized spacial score (nSPS) is 11.1. The first kappa shape index (κ1) is 21.5. The number of benzene rings is 3. The van der Waals surface area contributed by atoms with Crippen LogP contribution in [0.2, 0.25) is 5.02 Å². The number of fused-ring (bicyclic) bond motifs is 1. The third-order valence-electron chi connectivity index (χ3n) is 4.47. The maximum atomic E-state index is 12.2. The number of hydrogen-bond acceptors (Lipinski definition) is 5. The van der Waals surface area contributed by atoms with Crippen LogP contribution in [0.1, 0.15) is 18.4 Å². The number of nitrogens with one attached hydrogen (secondary N) is 1. The molecule has 1 aromatic heterocycles. The zero-order valence-corrected chi connectivity index (χ0v) is 18.1. The van der Waals surface area contributed by atoms with E-state index in [4.69, 9.17) is 25.5 Å². The van der Waals surface area contributed by atoms with E-state index in [9.17, 15) is 4.79 Å². The molecule has 1 heterocycles. The van der Waals surface area contributed by atoms with Gasteiger partial charge >= 0.3 is 0 Å². The van der Waals surface area contributed by atoms with Crippen molar-refractivity contribution in [2.24, 2.45) is 0 Å². The van der Waals surface area contributed by atoms with Crippen molar-refractivity contribution >= 4 is 46.4 Å². The molecule has 32 heavy (non-hydrogen) atoms. The van der Waals surface area contributed by atoms with Gasteiger partial charge in [0.15, 0.2) is 23.7 Å². The number of carbonyl (C=O) groups is 1. The van der Waals surface area contributed by atoms with Gasteiger partial charge < -0.3 is 19.2 Å². The second kappa shape index (κ2) is 10.0. The third kappa shape index (κ3) is 5.47. The number of para-hydroxylation sites is 1. The number of hydrogen-bond donors (Lipinski definition) is 1. The average molecular weight is 449 g/mol. The first-order valence-corrected chi connectivity index (χ1v) is 10.5. The predicted molar refractivity (Wildman–Crippen MR) is 126 cm³/mol. The fourth-order valence-corrected chi connectivity index (χ4v) is 3.20. The van der Waals surface area contributed by atoms with Crippen LogP contribution in [0.15, 0.2) is 71.1 Å². The van der Waals surface area contributed by atoms with E-state index in [0.29, 0.717) is 45.8 Å². The van der Waals surface area contributed by atoms with Gasteiger partial charge in [0.25, 0.3) is 5.91 Å². The van der Waals surface area contributed by atoms with E-state index in [1.807, 2.05) is 55.5 Å². The molecule has 0 fully saturated rings. The largest absolute Gasteiger partial charge is 0.490 e. The second-order valence-corrected chi connectivity index (χ2v) is 7.28. The monoisotopic (exact) mass is 448 g/mol. The van der Waals surface area contributed by atoms with Gasteiger partial charge in [0, 0.05) is 16.8 Å². The van der Waals surface area contributed by atoms with Gasteiger partial charge in [-0.1, -0.05) is 35.9 Å². The van der Waals surface area contributed by atoms with Gasteiger partial charge in [0.2, 0.25) is 5.89 Å². The van der Waals surface area contributed by atoms with Crippen molar-refractivity contribution in [1.82, 2.24) is 4.98 Å². The number of ether oxygens (including phenoxy) is 2. The zero-order chi connectivity index (χ0) is 22.3. The number of anilines is 1. The van der Waals surface area contributed by atoms with Gasteiger partial charge in [-0.25, -0.2) is 4.98 Å². The Hall–Kier alpha value is -3.77. The Balaban J connectivity index is 1.44. The first-order valence-electron chi connectivity index (χ1n) is 10.1. The summed E-state index contributed by atoms with van der Waals surface area (Å²) >= 11 is 6.00. The van der Waals surface area contributed by atoms with E-state index >= 15 is 0 Å². The SMILES string of the molecule is CCOc1cc(/C=C/c2nc3cc(Cl)ccc3o2)ccc1OCC(=O)Nc1ccccc1. The standard InChI is InChI=1S/C25H21ClN2O4/c1-2-30-23-14-17(9-13-25-28-20-15-18(26)10-12-21(20)32-25)8-11-22(23)31-16-24(29)27-19-6-4-3-5-7-19/h3-15H,2,16H2,1H3,(H,27,29)/b13-9+. The van der Waals surface area contributed by atoms with E-state index in [2.05, 4.69) is 10.3 Å². The molecule has 0 aliphatic heterocycles. The maximum Gasteiger partial charge on any atom is 0.262 e. The van der Waals surface area contributed by atoms with E-state index in [0.717, 1.165) is 5.56 Å². The van der Waals surface area contributed by atoms with Crippen LogP contribution in [0.25, 0.3) is 23.3 Å². The molecule has 0 spiro atoms. The zero-order valence-electron chi connectivity index (χ0n) is 17.4. The van der Waals surface area contributed by atoms with E-state index in [1.165, 1.54) is 0 Å². The predicted octanol–water partition coefficient (Wildman–Crippen LogP) is 6.07. The Morgan fingerprint density at radius 3 is 2.69 bits per heavy atom. The molecule has 0 aliphatic carbocycles. The first-order chi connectivity index (χ1) is 15.6. The van der Waals surface area contributed by atoms with Crippen molar-refractivity contribution < 1.29 is 18.7 Å². The van der Waals surface area contributed by atoms with Gasteiger partial charge in [-0.3, -0.25) is 4.79 Å². The number of carbonyl (C=O) groups excluding carboxylic acids is 1. The highest BCUT2D eigenvalue weighted by Crippen LogP contribution is 2.29. The van der Waals surface area contributed by atoms with Crippen LogP contribution in [0.3, 0.4) is 0 Å². The molecule has 0 saturated heterocycles. The average Bonchev–Trinajstić information content (AvgIpc) is 3.20. The molecule has 0 radical (unpaired) electrons. The quantitative estimate of drug-likeness (QED) is 0.354. The molecule has 0 atom stereocenters.